The second-order valence-corrected chi connectivity index (χ2v) is 9.05. The van der Waals surface area contributed by atoms with Crippen molar-refractivity contribution in [2.24, 2.45) is 0 Å². The van der Waals surface area contributed by atoms with Crippen LogP contribution in [0.25, 0.3) is 0 Å². The average molecular weight is 392 g/mol. The zero-order chi connectivity index (χ0) is 18.4. The van der Waals surface area contributed by atoms with Gasteiger partial charge in [-0.25, -0.2) is 13.1 Å². The predicted molar refractivity (Wildman–Crippen MR) is 101 cm³/mol. The van der Waals surface area contributed by atoms with Crippen LogP contribution in [0.5, 0.6) is 5.75 Å². The third kappa shape index (κ3) is 5.05. The zero-order valence-electron chi connectivity index (χ0n) is 14.3. The van der Waals surface area contributed by atoms with Crippen molar-refractivity contribution in [1.82, 2.24) is 9.62 Å². The molecule has 6 nitrogen and oxygen atoms in total. The first-order valence-electron chi connectivity index (χ1n) is 8.48. The summed E-state index contributed by atoms with van der Waals surface area (Å²) in [6, 6.07) is 12.6. The van der Waals surface area contributed by atoms with Crippen molar-refractivity contribution in [1.29, 1.82) is 5.26 Å². The molecular formula is C18H21N3O3S2. The minimum atomic E-state index is -3.39. The van der Waals surface area contributed by atoms with E-state index in [4.69, 9.17) is 10.00 Å². The molecule has 0 spiro atoms. The number of nitriles is 1. The van der Waals surface area contributed by atoms with E-state index in [2.05, 4.69) is 15.7 Å². The number of thiophene rings is 1. The fraction of sp³-hybridized carbons (Fsp3) is 0.389. The monoisotopic (exact) mass is 391 g/mol. The van der Waals surface area contributed by atoms with Crippen molar-refractivity contribution in [2.45, 2.75) is 23.1 Å². The van der Waals surface area contributed by atoms with Gasteiger partial charge in [-0.3, -0.25) is 4.90 Å². The Labute approximate surface area is 158 Å². The van der Waals surface area contributed by atoms with Gasteiger partial charge in [-0.2, -0.15) is 5.26 Å². The average Bonchev–Trinajstić information content (AvgIpc) is 3.19. The lowest BCUT2D eigenvalue weighted by Gasteiger charge is -2.31. The maximum Gasteiger partial charge on any atom is 0.250 e. The van der Waals surface area contributed by atoms with E-state index in [9.17, 15) is 8.42 Å². The summed E-state index contributed by atoms with van der Waals surface area (Å²) in [4.78, 5) is 2.27. The third-order valence-corrected chi connectivity index (χ3v) is 7.23. The van der Waals surface area contributed by atoms with Crippen molar-refractivity contribution >= 4 is 21.4 Å². The molecule has 1 aromatic heterocycles. The highest BCUT2D eigenvalue weighted by Gasteiger charge is 2.25. The first-order chi connectivity index (χ1) is 12.6. The molecule has 1 aliphatic heterocycles. The second-order valence-electron chi connectivity index (χ2n) is 6.16. The fourth-order valence-corrected chi connectivity index (χ4v) is 5.23. The highest BCUT2D eigenvalue weighted by Crippen LogP contribution is 2.19. The molecule has 3 rings (SSSR count). The van der Waals surface area contributed by atoms with E-state index >= 15 is 0 Å². The quantitative estimate of drug-likeness (QED) is 0.784. The summed E-state index contributed by atoms with van der Waals surface area (Å²) in [5.41, 5.74) is 0.585. The molecule has 1 saturated heterocycles. The van der Waals surface area contributed by atoms with Gasteiger partial charge < -0.3 is 4.74 Å². The normalized spacial score (nSPS) is 16.3. The van der Waals surface area contributed by atoms with Crippen LogP contribution in [0.2, 0.25) is 0 Å². The molecule has 0 aliphatic carbocycles. The number of hydrogen-bond acceptors (Lipinski definition) is 6. The summed E-state index contributed by atoms with van der Waals surface area (Å²) in [5.74, 6) is 0.697. The molecule has 0 atom stereocenters. The van der Waals surface area contributed by atoms with Gasteiger partial charge in [0.15, 0.2) is 0 Å². The van der Waals surface area contributed by atoms with E-state index in [1.807, 2.05) is 6.07 Å². The summed E-state index contributed by atoms with van der Waals surface area (Å²) in [6.07, 6.45) is 1.57. The smallest absolute Gasteiger partial charge is 0.250 e. The Morgan fingerprint density at radius 2 is 2.08 bits per heavy atom. The molecule has 0 unspecified atom stereocenters. The van der Waals surface area contributed by atoms with Gasteiger partial charge in [0.2, 0.25) is 10.0 Å². The van der Waals surface area contributed by atoms with Gasteiger partial charge in [0.1, 0.15) is 16.6 Å². The summed E-state index contributed by atoms with van der Waals surface area (Å²) in [6.45, 7) is 2.99. The highest BCUT2D eigenvalue weighted by molar-refractivity contribution is 7.91. The number of rotatable bonds is 7. The fourth-order valence-electron chi connectivity index (χ4n) is 2.92. The molecule has 0 saturated carbocycles. The molecule has 26 heavy (non-hydrogen) atoms. The third-order valence-electron chi connectivity index (χ3n) is 4.31. The molecule has 138 valence electrons. The molecule has 0 bridgehead atoms. The van der Waals surface area contributed by atoms with Crippen LogP contribution < -0.4 is 9.46 Å². The maximum atomic E-state index is 12.3. The summed E-state index contributed by atoms with van der Waals surface area (Å²) >= 11 is 1.23. The number of hydrogen-bond donors (Lipinski definition) is 1. The number of likely N-dealkylation sites (tertiary alicyclic amines) is 1. The van der Waals surface area contributed by atoms with Crippen molar-refractivity contribution < 1.29 is 13.2 Å². The molecule has 0 amide bonds. The van der Waals surface area contributed by atoms with Gasteiger partial charge >= 0.3 is 0 Å². The SMILES string of the molecule is N#Cc1cccc(OCCN2CCC(NS(=O)(=O)c3cccs3)CC2)c1. The van der Waals surface area contributed by atoms with E-state index in [0.717, 1.165) is 32.5 Å². The van der Waals surface area contributed by atoms with E-state index < -0.39 is 10.0 Å². The van der Waals surface area contributed by atoms with Crippen LogP contribution in [-0.4, -0.2) is 45.6 Å². The lowest BCUT2D eigenvalue weighted by atomic mass is 10.1. The molecule has 1 fully saturated rings. The summed E-state index contributed by atoms with van der Waals surface area (Å²) in [7, 11) is -3.39. The molecule has 2 heterocycles. The van der Waals surface area contributed by atoms with Crippen LogP contribution in [0.4, 0.5) is 0 Å². The Morgan fingerprint density at radius 1 is 1.27 bits per heavy atom. The van der Waals surface area contributed by atoms with Crippen LogP contribution in [0.3, 0.4) is 0 Å². The number of nitrogens with one attached hydrogen (secondary N) is 1. The first kappa shape index (κ1) is 18.9. The van der Waals surface area contributed by atoms with Crippen LogP contribution in [0.15, 0.2) is 46.0 Å². The number of nitrogens with zero attached hydrogens (tertiary/aromatic N) is 2. The Bertz CT molecular complexity index is 852. The van der Waals surface area contributed by atoms with E-state index in [0.29, 0.717) is 22.1 Å². The predicted octanol–water partition coefficient (Wildman–Crippen LogP) is 2.44. The standard InChI is InChI=1S/C18H21N3O3S2/c19-14-15-3-1-4-17(13-15)24-11-10-21-8-6-16(7-9-21)20-26(22,23)18-5-2-12-25-18/h1-5,12-13,16,20H,6-11H2. The molecule has 1 N–H and O–H groups in total. The Hall–Kier alpha value is -1.92. The topological polar surface area (TPSA) is 82.4 Å². The summed E-state index contributed by atoms with van der Waals surface area (Å²) in [5, 5.41) is 10.7. The molecule has 8 heteroatoms. The molecule has 1 aliphatic rings. The van der Waals surface area contributed by atoms with Gasteiger partial charge in [-0.1, -0.05) is 12.1 Å². The van der Waals surface area contributed by atoms with Crippen molar-refractivity contribution in [2.75, 3.05) is 26.2 Å². The van der Waals surface area contributed by atoms with Crippen LogP contribution >= 0.6 is 11.3 Å². The van der Waals surface area contributed by atoms with E-state index in [-0.39, 0.29) is 6.04 Å². The Morgan fingerprint density at radius 3 is 2.77 bits per heavy atom. The highest BCUT2D eigenvalue weighted by atomic mass is 32.2. The lowest BCUT2D eigenvalue weighted by Crippen LogP contribution is -2.45. The lowest BCUT2D eigenvalue weighted by molar-refractivity contribution is 0.170. The number of sulfonamides is 1. The second kappa shape index (κ2) is 8.64. The van der Waals surface area contributed by atoms with E-state index in [1.165, 1.54) is 11.3 Å². The van der Waals surface area contributed by atoms with Crippen molar-refractivity contribution in [3.63, 3.8) is 0 Å². The van der Waals surface area contributed by atoms with Gasteiger partial charge in [0.25, 0.3) is 0 Å². The zero-order valence-corrected chi connectivity index (χ0v) is 15.9. The largest absolute Gasteiger partial charge is 0.492 e. The molecular weight excluding hydrogens is 370 g/mol. The minimum absolute atomic E-state index is 0.0217. The van der Waals surface area contributed by atoms with Crippen molar-refractivity contribution in [3.05, 3.63) is 47.3 Å². The number of ether oxygens (including phenoxy) is 1. The molecule has 2 aromatic rings. The molecule has 0 radical (unpaired) electrons. The summed E-state index contributed by atoms with van der Waals surface area (Å²) < 4.78 is 33.4. The van der Waals surface area contributed by atoms with Crippen molar-refractivity contribution in [3.8, 4) is 11.8 Å². The minimum Gasteiger partial charge on any atom is -0.492 e. The Kier molecular flexibility index (Phi) is 6.27. The number of piperidine rings is 1. The van der Waals surface area contributed by atoms with Gasteiger partial charge in [-0.15, -0.1) is 11.3 Å². The maximum absolute atomic E-state index is 12.3. The Balaban J connectivity index is 1.41. The molecule has 1 aromatic carbocycles. The first-order valence-corrected chi connectivity index (χ1v) is 10.8. The van der Waals surface area contributed by atoms with Gasteiger partial charge in [0, 0.05) is 12.6 Å². The van der Waals surface area contributed by atoms with Gasteiger partial charge in [-0.05, 0) is 55.6 Å². The van der Waals surface area contributed by atoms with Crippen LogP contribution in [-0.2, 0) is 10.0 Å². The van der Waals surface area contributed by atoms with Crippen LogP contribution in [0, 0.1) is 11.3 Å². The van der Waals surface area contributed by atoms with Gasteiger partial charge in [0.05, 0.1) is 11.6 Å². The van der Waals surface area contributed by atoms with E-state index in [1.54, 1.807) is 35.7 Å². The van der Waals surface area contributed by atoms with Crippen LogP contribution in [0.1, 0.15) is 18.4 Å². The number of benzene rings is 1.